The number of carbonyl (C=O) groups is 2. The molecule has 24 heavy (non-hydrogen) atoms. The van der Waals surface area contributed by atoms with Crippen molar-refractivity contribution in [3.63, 3.8) is 0 Å². The van der Waals surface area contributed by atoms with E-state index in [-0.39, 0.29) is 23.9 Å². The second kappa shape index (κ2) is 7.82. The van der Waals surface area contributed by atoms with Gasteiger partial charge in [-0.15, -0.1) is 11.3 Å². The minimum Gasteiger partial charge on any atom is -0.343 e. The molecule has 0 spiro atoms. The molecule has 4 N–H and O–H groups in total. The van der Waals surface area contributed by atoms with E-state index < -0.39 is 6.04 Å². The van der Waals surface area contributed by atoms with Crippen molar-refractivity contribution >= 4 is 34.8 Å². The zero-order chi connectivity index (χ0) is 17.1. The summed E-state index contributed by atoms with van der Waals surface area (Å²) in [6, 6.07) is 3.27. The van der Waals surface area contributed by atoms with Crippen LogP contribution in [-0.2, 0) is 16.1 Å². The van der Waals surface area contributed by atoms with E-state index in [1.165, 1.54) is 0 Å². The summed E-state index contributed by atoms with van der Waals surface area (Å²) in [6.07, 6.45) is 3.05. The van der Waals surface area contributed by atoms with Crippen molar-refractivity contribution < 1.29 is 9.59 Å². The first-order valence-corrected chi connectivity index (χ1v) is 9.56. The first-order valence-electron chi connectivity index (χ1n) is 8.37. The van der Waals surface area contributed by atoms with E-state index in [0.717, 1.165) is 22.1 Å². The van der Waals surface area contributed by atoms with Gasteiger partial charge in [0, 0.05) is 24.0 Å². The molecule has 1 aromatic heterocycles. The van der Waals surface area contributed by atoms with Gasteiger partial charge in [0.2, 0.25) is 11.8 Å². The molecule has 132 valence electrons. The van der Waals surface area contributed by atoms with Crippen LogP contribution in [0, 0.1) is 0 Å². The predicted molar refractivity (Wildman–Crippen MR) is 94.9 cm³/mol. The molecule has 3 atom stereocenters. The molecule has 0 aliphatic carbocycles. The normalized spacial score (nSPS) is 26.6. The van der Waals surface area contributed by atoms with Gasteiger partial charge in [-0.25, -0.2) is 0 Å². The molecule has 6 nitrogen and oxygen atoms in total. The van der Waals surface area contributed by atoms with E-state index in [2.05, 4.69) is 10.6 Å². The molecular formula is C16H23ClN4O2S. The lowest BCUT2D eigenvalue weighted by Gasteiger charge is -2.34. The monoisotopic (exact) mass is 370 g/mol. The molecule has 0 saturated carbocycles. The largest absolute Gasteiger partial charge is 0.343 e. The van der Waals surface area contributed by atoms with E-state index in [1.807, 2.05) is 12.1 Å². The fourth-order valence-electron chi connectivity index (χ4n) is 3.39. The average Bonchev–Trinajstić information content (AvgIpc) is 3.17. The number of nitrogens with one attached hydrogen (secondary N) is 2. The third-order valence-corrected chi connectivity index (χ3v) is 5.87. The van der Waals surface area contributed by atoms with Crippen LogP contribution >= 0.6 is 22.9 Å². The fraction of sp³-hybridized carbons (Fsp3) is 0.625. The van der Waals surface area contributed by atoms with Gasteiger partial charge in [-0.2, -0.15) is 0 Å². The molecule has 2 saturated heterocycles. The van der Waals surface area contributed by atoms with Gasteiger partial charge in [0.1, 0.15) is 12.1 Å². The number of nitrogens with two attached hydrogens (primary N) is 1. The molecule has 3 rings (SSSR count). The molecule has 0 unspecified atom stereocenters. The van der Waals surface area contributed by atoms with Crippen LogP contribution in [0.2, 0.25) is 4.34 Å². The first-order chi connectivity index (χ1) is 11.6. The number of fused-ring (bicyclic) bond motifs is 1. The minimum absolute atomic E-state index is 0.0317. The van der Waals surface area contributed by atoms with Crippen LogP contribution < -0.4 is 16.4 Å². The van der Waals surface area contributed by atoms with E-state index in [0.29, 0.717) is 32.5 Å². The van der Waals surface area contributed by atoms with Crippen molar-refractivity contribution in [3.8, 4) is 0 Å². The molecule has 2 aliphatic rings. The lowest BCUT2D eigenvalue weighted by atomic mass is 10.0. The second-order valence-corrected chi connectivity index (χ2v) is 8.17. The average molecular weight is 371 g/mol. The molecule has 1 aromatic rings. The first kappa shape index (κ1) is 17.7. The number of carbonyl (C=O) groups excluding carboxylic acids is 2. The Bertz CT molecular complexity index is 609. The van der Waals surface area contributed by atoms with E-state index in [4.69, 9.17) is 17.3 Å². The highest BCUT2D eigenvalue weighted by molar-refractivity contribution is 7.16. The Labute approximate surface area is 150 Å². The topological polar surface area (TPSA) is 87.5 Å². The number of hydrogen-bond acceptors (Lipinski definition) is 5. The number of piperazine rings is 1. The van der Waals surface area contributed by atoms with Crippen LogP contribution in [0.1, 0.15) is 30.6 Å². The maximum absolute atomic E-state index is 12.6. The summed E-state index contributed by atoms with van der Waals surface area (Å²) in [4.78, 5) is 27.8. The Balaban J connectivity index is 1.55. The molecule has 2 aliphatic heterocycles. The third kappa shape index (κ3) is 3.91. The summed E-state index contributed by atoms with van der Waals surface area (Å²) >= 11 is 7.48. The van der Waals surface area contributed by atoms with Gasteiger partial charge in [-0.3, -0.25) is 9.59 Å². The van der Waals surface area contributed by atoms with Crippen LogP contribution in [0.4, 0.5) is 0 Å². The summed E-state index contributed by atoms with van der Waals surface area (Å²) in [6.45, 7) is 1.90. The van der Waals surface area contributed by atoms with Gasteiger partial charge in [0.15, 0.2) is 0 Å². The van der Waals surface area contributed by atoms with Crippen LogP contribution in [0.15, 0.2) is 12.1 Å². The smallest absolute Gasteiger partial charge is 0.245 e. The highest BCUT2D eigenvalue weighted by atomic mass is 35.5. The van der Waals surface area contributed by atoms with Gasteiger partial charge in [0.25, 0.3) is 0 Å². The summed E-state index contributed by atoms with van der Waals surface area (Å²) < 4.78 is 0.769. The summed E-state index contributed by atoms with van der Waals surface area (Å²) in [5.74, 6) is 0.0101. The number of unbranched alkanes of at least 4 members (excludes halogenated alkanes) is 1. The van der Waals surface area contributed by atoms with Gasteiger partial charge >= 0.3 is 0 Å². The maximum atomic E-state index is 12.6. The minimum atomic E-state index is -0.393. The predicted octanol–water partition coefficient (Wildman–Crippen LogP) is 1.09. The Morgan fingerprint density at radius 2 is 2.21 bits per heavy atom. The highest BCUT2D eigenvalue weighted by Crippen LogP contribution is 2.25. The van der Waals surface area contributed by atoms with E-state index >= 15 is 0 Å². The van der Waals surface area contributed by atoms with Gasteiger partial charge < -0.3 is 21.3 Å². The molecule has 2 fully saturated rings. The fourth-order valence-corrected chi connectivity index (χ4v) is 4.42. The number of rotatable bonds is 7. The lowest BCUT2D eigenvalue weighted by Crippen LogP contribution is -2.61. The van der Waals surface area contributed by atoms with Crippen LogP contribution in [-0.4, -0.2) is 47.9 Å². The number of amides is 2. The van der Waals surface area contributed by atoms with Crippen molar-refractivity contribution in [1.29, 1.82) is 0 Å². The van der Waals surface area contributed by atoms with Gasteiger partial charge in [-0.05, 0) is 44.4 Å². The molecule has 8 heteroatoms. The molecule has 3 heterocycles. The molecule has 0 bridgehead atoms. The summed E-state index contributed by atoms with van der Waals surface area (Å²) in [7, 11) is 0. The lowest BCUT2D eigenvalue weighted by molar-refractivity contribution is -0.147. The maximum Gasteiger partial charge on any atom is 0.245 e. The van der Waals surface area contributed by atoms with Crippen molar-refractivity contribution in [2.45, 2.75) is 50.4 Å². The standard InChI is InChI=1S/C16H23ClN4O2S/c17-14-5-4-11(24-14)8-19-10-7-13-15(22)20-12(3-1-2-6-18)16(23)21(13)9-10/h4-5,10,12-13,19H,1-3,6-9,18H2,(H,20,22)/t10-,12-,13-/m0/s1. The Morgan fingerprint density at radius 3 is 2.92 bits per heavy atom. The number of nitrogens with zero attached hydrogens (tertiary/aromatic N) is 1. The number of hydrogen-bond donors (Lipinski definition) is 3. The summed E-state index contributed by atoms with van der Waals surface area (Å²) in [5.41, 5.74) is 5.49. The Morgan fingerprint density at radius 1 is 1.38 bits per heavy atom. The number of halogens is 1. The van der Waals surface area contributed by atoms with Crippen LogP contribution in [0.25, 0.3) is 0 Å². The molecular weight excluding hydrogens is 348 g/mol. The van der Waals surface area contributed by atoms with Crippen molar-refractivity contribution in [3.05, 3.63) is 21.3 Å². The van der Waals surface area contributed by atoms with Crippen molar-refractivity contribution in [1.82, 2.24) is 15.5 Å². The van der Waals surface area contributed by atoms with Gasteiger partial charge in [-0.1, -0.05) is 11.6 Å². The zero-order valence-electron chi connectivity index (χ0n) is 13.5. The Hall–Kier alpha value is -1.15. The molecule has 0 aromatic carbocycles. The molecule has 0 radical (unpaired) electrons. The van der Waals surface area contributed by atoms with E-state index in [9.17, 15) is 9.59 Å². The molecule has 2 amide bonds. The van der Waals surface area contributed by atoms with Gasteiger partial charge in [0.05, 0.1) is 4.34 Å². The van der Waals surface area contributed by atoms with Crippen molar-refractivity contribution in [2.24, 2.45) is 5.73 Å². The van der Waals surface area contributed by atoms with E-state index in [1.54, 1.807) is 16.2 Å². The summed E-state index contributed by atoms with van der Waals surface area (Å²) in [5, 5.41) is 6.32. The SMILES string of the molecule is NCCCC[C@@H]1NC(=O)[C@@H]2C[C@H](NCc3ccc(Cl)s3)CN2C1=O. The highest BCUT2D eigenvalue weighted by Gasteiger charge is 2.45. The second-order valence-electron chi connectivity index (χ2n) is 6.37. The quantitative estimate of drug-likeness (QED) is 0.627. The van der Waals surface area contributed by atoms with Crippen LogP contribution in [0.3, 0.4) is 0 Å². The third-order valence-electron chi connectivity index (χ3n) is 4.64. The van der Waals surface area contributed by atoms with Crippen molar-refractivity contribution in [2.75, 3.05) is 13.1 Å². The Kier molecular flexibility index (Phi) is 5.76. The number of thiophene rings is 1. The zero-order valence-corrected chi connectivity index (χ0v) is 15.0. The van der Waals surface area contributed by atoms with Crippen LogP contribution in [0.5, 0.6) is 0 Å².